The van der Waals surface area contributed by atoms with Gasteiger partial charge < -0.3 is 15.2 Å². The molecule has 0 saturated heterocycles. The van der Waals surface area contributed by atoms with Crippen LogP contribution in [0.15, 0.2) is 29.2 Å². The summed E-state index contributed by atoms with van der Waals surface area (Å²) in [5, 5.41) is 11.4. The Balaban J connectivity index is 2.89. The number of carbonyl (C=O) groups excluding carboxylic acids is 1. The molecule has 0 radical (unpaired) electrons. The van der Waals surface area contributed by atoms with E-state index in [-0.39, 0.29) is 30.4 Å². The molecule has 3 N–H and O–H groups in total. The molecule has 7 nitrogen and oxygen atoms in total. The van der Waals surface area contributed by atoms with Crippen LogP contribution in [0.5, 0.6) is 0 Å². The monoisotopic (exact) mass is 316 g/mol. The van der Waals surface area contributed by atoms with Crippen molar-refractivity contribution in [3.05, 3.63) is 29.8 Å². The minimum absolute atomic E-state index is 0.0502. The van der Waals surface area contributed by atoms with Crippen LogP contribution in [0.4, 0.5) is 0 Å². The Kier molecular flexibility index (Phi) is 6.76. The minimum atomic E-state index is -3.73. The minimum Gasteiger partial charge on any atom is -0.396 e. The number of ether oxygens (including phenoxy) is 1. The van der Waals surface area contributed by atoms with E-state index in [4.69, 9.17) is 9.84 Å². The van der Waals surface area contributed by atoms with Gasteiger partial charge in [-0.05, 0) is 30.7 Å². The van der Waals surface area contributed by atoms with Gasteiger partial charge in [-0.1, -0.05) is 0 Å². The third-order valence-electron chi connectivity index (χ3n) is 2.82. The molecule has 1 atom stereocenters. The molecule has 0 saturated carbocycles. The van der Waals surface area contributed by atoms with Gasteiger partial charge in [0.05, 0.1) is 11.5 Å². The second kappa shape index (κ2) is 8.08. The number of amides is 1. The first-order valence-corrected chi connectivity index (χ1v) is 7.87. The number of carbonyl (C=O) groups is 1. The van der Waals surface area contributed by atoms with Crippen molar-refractivity contribution < 1.29 is 23.1 Å². The van der Waals surface area contributed by atoms with E-state index >= 15 is 0 Å². The highest BCUT2D eigenvalue weighted by Crippen LogP contribution is 2.12. The third-order valence-corrected chi connectivity index (χ3v) is 4.36. The molecule has 0 spiro atoms. The molecule has 21 heavy (non-hydrogen) atoms. The first-order chi connectivity index (χ1) is 9.94. The fourth-order valence-corrected chi connectivity index (χ4v) is 3.01. The lowest BCUT2D eigenvalue weighted by Gasteiger charge is -2.17. The summed E-state index contributed by atoms with van der Waals surface area (Å²) < 4.78 is 31.8. The van der Waals surface area contributed by atoms with E-state index in [9.17, 15) is 13.2 Å². The Bertz CT molecular complexity index is 550. The van der Waals surface area contributed by atoms with Crippen LogP contribution in [0.2, 0.25) is 0 Å². The van der Waals surface area contributed by atoms with Crippen LogP contribution in [0, 0.1) is 0 Å². The molecule has 1 aromatic carbocycles. The second-order valence-corrected chi connectivity index (χ2v) is 6.10. The van der Waals surface area contributed by atoms with Gasteiger partial charge in [-0.25, -0.2) is 13.1 Å². The number of nitrogens with one attached hydrogen (secondary N) is 2. The molecule has 0 heterocycles. The maximum atomic E-state index is 12.2. The Labute approximate surface area is 124 Å². The van der Waals surface area contributed by atoms with Gasteiger partial charge in [-0.2, -0.15) is 0 Å². The van der Waals surface area contributed by atoms with Crippen LogP contribution in [0.25, 0.3) is 0 Å². The Morgan fingerprint density at radius 1 is 1.33 bits per heavy atom. The summed E-state index contributed by atoms with van der Waals surface area (Å²) in [6, 6.07) is 5.07. The predicted octanol–water partition coefficient (Wildman–Crippen LogP) is -0.278. The second-order valence-electron chi connectivity index (χ2n) is 4.39. The molecule has 1 aromatic rings. The number of aliphatic hydroxyl groups is 1. The molecule has 0 aliphatic heterocycles. The van der Waals surface area contributed by atoms with Crippen LogP contribution in [0.3, 0.4) is 0 Å². The van der Waals surface area contributed by atoms with Crippen LogP contribution in [-0.4, -0.2) is 52.8 Å². The zero-order chi connectivity index (χ0) is 15.9. The van der Waals surface area contributed by atoms with Gasteiger partial charge in [0.25, 0.3) is 5.91 Å². The zero-order valence-corrected chi connectivity index (χ0v) is 12.8. The van der Waals surface area contributed by atoms with E-state index in [1.54, 1.807) is 0 Å². The van der Waals surface area contributed by atoms with Crippen molar-refractivity contribution in [3.8, 4) is 0 Å². The van der Waals surface area contributed by atoms with Crippen molar-refractivity contribution in [2.24, 2.45) is 0 Å². The van der Waals surface area contributed by atoms with E-state index < -0.39 is 16.1 Å². The summed E-state index contributed by atoms with van der Waals surface area (Å²) in [6.07, 6.45) is 0.253. The van der Waals surface area contributed by atoms with Gasteiger partial charge >= 0.3 is 0 Å². The third kappa shape index (κ3) is 5.09. The van der Waals surface area contributed by atoms with Crippen molar-refractivity contribution in [3.63, 3.8) is 0 Å². The maximum Gasteiger partial charge on any atom is 0.251 e. The lowest BCUT2D eigenvalue weighted by Crippen LogP contribution is -2.38. The number of methoxy groups -OCH3 is 1. The topological polar surface area (TPSA) is 105 Å². The molecule has 118 valence electrons. The fraction of sp³-hybridized carbons (Fsp3) is 0.462. The van der Waals surface area contributed by atoms with Gasteiger partial charge in [0, 0.05) is 32.4 Å². The number of benzene rings is 1. The predicted molar refractivity (Wildman–Crippen MR) is 77.5 cm³/mol. The highest BCUT2D eigenvalue weighted by atomic mass is 32.2. The highest BCUT2D eigenvalue weighted by molar-refractivity contribution is 7.89. The van der Waals surface area contributed by atoms with Gasteiger partial charge in [0.2, 0.25) is 10.0 Å². The molecular formula is C13H20N2O5S. The summed E-state index contributed by atoms with van der Waals surface area (Å²) in [7, 11) is -0.772. The summed E-state index contributed by atoms with van der Waals surface area (Å²) in [5.41, 5.74) is 0.375. The summed E-state index contributed by atoms with van der Waals surface area (Å²) in [5.74, 6) is -0.288. The maximum absolute atomic E-state index is 12.2. The lowest BCUT2D eigenvalue weighted by atomic mass is 10.2. The van der Waals surface area contributed by atoms with Crippen molar-refractivity contribution in [1.29, 1.82) is 0 Å². The standard InChI is InChI=1S/C13H20N2O5S/c1-14-13(17)10-3-5-12(6-4-10)21(18,19)15-11(7-8-16)9-20-2/h3-6,11,15-16H,7-9H2,1-2H3,(H,14,17). The molecular weight excluding hydrogens is 296 g/mol. The number of rotatable bonds is 8. The summed E-state index contributed by atoms with van der Waals surface area (Å²) in [6.45, 7) is 0.0161. The average molecular weight is 316 g/mol. The Hall–Kier alpha value is -1.48. The molecule has 8 heteroatoms. The Morgan fingerprint density at radius 3 is 2.43 bits per heavy atom. The van der Waals surface area contributed by atoms with Crippen LogP contribution in [-0.2, 0) is 14.8 Å². The van der Waals surface area contributed by atoms with E-state index in [0.29, 0.717) is 5.56 Å². The number of sulfonamides is 1. The number of aliphatic hydroxyl groups excluding tert-OH is 1. The lowest BCUT2D eigenvalue weighted by molar-refractivity contribution is 0.0963. The molecule has 0 aliphatic carbocycles. The van der Waals surface area contributed by atoms with Crippen molar-refractivity contribution in [2.45, 2.75) is 17.4 Å². The van der Waals surface area contributed by atoms with E-state index in [2.05, 4.69) is 10.0 Å². The zero-order valence-electron chi connectivity index (χ0n) is 12.0. The largest absolute Gasteiger partial charge is 0.396 e. The molecule has 1 amide bonds. The van der Waals surface area contributed by atoms with Gasteiger partial charge in [-0.3, -0.25) is 4.79 Å². The number of hydrogen-bond donors (Lipinski definition) is 3. The Morgan fingerprint density at radius 2 is 1.95 bits per heavy atom. The van der Waals surface area contributed by atoms with Gasteiger partial charge in [-0.15, -0.1) is 0 Å². The molecule has 0 fully saturated rings. The van der Waals surface area contributed by atoms with Crippen molar-refractivity contribution in [1.82, 2.24) is 10.0 Å². The first kappa shape index (κ1) is 17.6. The van der Waals surface area contributed by atoms with Crippen LogP contribution in [0.1, 0.15) is 16.8 Å². The van der Waals surface area contributed by atoms with E-state index in [1.807, 2.05) is 0 Å². The number of hydrogen-bond acceptors (Lipinski definition) is 5. The molecule has 0 bridgehead atoms. The van der Waals surface area contributed by atoms with Gasteiger partial charge in [0.15, 0.2) is 0 Å². The molecule has 1 unspecified atom stereocenters. The average Bonchev–Trinajstić information content (AvgIpc) is 2.46. The quantitative estimate of drug-likeness (QED) is 0.612. The molecule has 0 aromatic heterocycles. The normalized spacial score (nSPS) is 12.9. The van der Waals surface area contributed by atoms with E-state index in [1.165, 1.54) is 38.4 Å². The van der Waals surface area contributed by atoms with Gasteiger partial charge in [0.1, 0.15) is 0 Å². The van der Waals surface area contributed by atoms with Crippen molar-refractivity contribution >= 4 is 15.9 Å². The molecule has 1 rings (SSSR count). The van der Waals surface area contributed by atoms with Crippen LogP contribution >= 0.6 is 0 Å². The van der Waals surface area contributed by atoms with E-state index in [0.717, 1.165) is 0 Å². The van der Waals surface area contributed by atoms with Crippen LogP contribution < -0.4 is 10.0 Å². The SMILES string of the molecule is CNC(=O)c1ccc(S(=O)(=O)NC(CCO)COC)cc1. The summed E-state index contributed by atoms with van der Waals surface area (Å²) in [4.78, 5) is 11.5. The first-order valence-electron chi connectivity index (χ1n) is 6.39. The fourth-order valence-electron chi connectivity index (χ4n) is 1.75. The van der Waals surface area contributed by atoms with Crippen molar-refractivity contribution in [2.75, 3.05) is 27.4 Å². The smallest absolute Gasteiger partial charge is 0.251 e. The molecule has 0 aliphatic rings. The highest BCUT2D eigenvalue weighted by Gasteiger charge is 2.20. The summed E-state index contributed by atoms with van der Waals surface area (Å²) >= 11 is 0.